The molecule has 0 aliphatic carbocycles. The number of carbonyl (C=O) groups is 1. The van der Waals surface area contributed by atoms with Gasteiger partial charge >= 0.3 is 0 Å². The van der Waals surface area contributed by atoms with E-state index >= 15 is 0 Å². The van der Waals surface area contributed by atoms with E-state index in [0.717, 1.165) is 18.5 Å². The van der Waals surface area contributed by atoms with Crippen molar-refractivity contribution < 1.29 is 9.90 Å². The van der Waals surface area contributed by atoms with E-state index in [0.29, 0.717) is 6.54 Å². The van der Waals surface area contributed by atoms with Crippen molar-refractivity contribution in [2.45, 2.75) is 32.4 Å². The summed E-state index contributed by atoms with van der Waals surface area (Å²) in [4.78, 5) is 14.2. The molecule has 0 bridgehead atoms. The van der Waals surface area contributed by atoms with Crippen LogP contribution in [0.3, 0.4) is 0 Å². The van der Waals surface area contributed by atoms with E-state index in [1.165, 1.54) is 5.56 Å². The Balaban J connectivity index is 2.19. The zero-order valence-electron chi connectivity index (χ0n) is 11.2. The molecule has 0 fully saturated rings. The van der Waals surface area contributed by atoms with Gasteiger partial charge < -0.3 is 15.3 Å². The zero-order valence-corrected chi connectivity index (χ0v) is 11.2. The Labute approximate surface area is 108 Å². The lowest BCUT2D eigenvalue weighted by atomic mass is 9.96. The molecule has 0 spiro atoms. The summed E-state index contributed by atoms with van der Waals surface area (Å²) in [6, 6.07) is 5.39. The lowest BCUT2D eigenvalue weighted by Crippen LogP contribution is -2.53. The average Bonchev–Trinajstić information content (AvgIpc) is 2.36. The van der Waals surface area contributed by atoms with Crippen LogP contribution in [0.15, 0.2) is 18.2 Å². The molecule has 1 aromatic carbocycles. The number of nitrogens with zero attached hydrogens (tertiary/aromatic N) is 1. The molecule has 1 aromatic rings. The predicted octanol–water partition coefficient (Wildman–Crippen LogP) is 1.27. The second-order valence-corrected chi connectivity index (χ2v) is 5.30. The van der Waals surface area contributed by atoms with Gasteiger partial charge in [0, 0.05) is 13.1 Å². The Hall–Kier alpha value is -1.55. The van der Waals surface area contributed by atoms with Crippen molar-refractivity contribution in [1.82, 2.24) is 10.2 Å². The fourth-order valence-corrected chi connectivity index (χ4v) is 2.22. The topological polar surface area (TPSA) is 52.6 Å². The first-order valence-electron chi connectivity index (χ1n) is 6.23. The molecule has 1 amide bonds. The van der Waals surface area contributed by atoms with Gasteiger partial charge in [-0.15, -0.1) is 0 Å². The molecule has 18 heavy (non-hydrogen) atoms. The molecule has 0 aromatic heterocycles. The minimum atomic E-state index is -0.547. The fraction of sp³-hybridized carbons (Fsp3) is 0.500. The number of aromatic hydroxyl groups is 1. The molecule has 4 heteroatoms. The number of hydrogen-bond acceptors (Lipinski definition) is 3. The van der Waals surface area contributed by atoms with Crippen molar-refractivity contribution in [3.05, 3.63) is 29.3 Å². The van der Waals surface area contributed by atoms with Crippen LogP contribution in [0, 0.1) is 0 Å². The second kappa shape index (κ2) is 4.61. The molecule has 0 atom stereocenters. The summed E-state index contributed by atoms with van der Waals surface area (Å²) in [6.45, 7) is 5.08. The van der Waals surface area contributed by atoms with Crippen molar-refractivity contribution in [3.8, 4) is 5.75 Å². The second-order valence-electron chi connectivity index (χ2n) is 5.30. The van der Waals surface area contributed by atoms with Crippen molar-refractivity contribution in [2.75, 3.05) is 13.6 Å². The molecular formula is C14H20N2O2. The summed E-state index contributed by atoms with van der Waals surface area (Å²) in [5.41, 5.74) is 1.72. The van der Waals surface area contributed by atoms with Crippen LogP contribution in [0.4, 0.5) is 0 Å². The highest BCUT2D eigenvalue weighted by Crippen LogP contribution is 2.24. The number of rotatable bonds is 2. The van der Waals surface area contributed by atoms with Gasteiger partial charge in [0.25, 0.3) is 0 Å². The van der Waals surface area contributed by atoms with Gasteiger partial charge in [0.15, 0.2) is 0 Å². The maximum Gasteiger partial charge on any atom is 0.242 e. The number of fused-ring (bicyclic) bond motifs is 1. The summed E-state index contributed by atoms with van der Waals surface area (Å²) < 4.78 is 0. The van der Waals surface area contributed by atoms with Crippen LogP contribution < -0.4 is 5.32 Å². The minimum Gasteiger partial charge on any atom is -0.508 e. The lowest BCUT2D eigenvalue weighted by Gasteiger charge is -2.35. The number of nitrogens with one attached hydrogen (secondary N) is 1. The van der Waals surface area contributed by atoms with E-state index in [9.17, 15) is 9.90 Å². The third kappa shape index (κ3) is 2.34. The van der Waals surface area contributed by atoms with E-state index in [4.69, 9.17) is 0 Å². The molecule has 98 valence electrons. The van der Waals surface area contributed by atoms with E-state index in [1.807, 2.05) is 24.8 Å². The standard InChI is InChI=1S/C14H20N2O2/c1-14(2,15-3)13(18)16-7-6-10-4-5-12(17)8-11(10)9-16/h4-5,8,15,17H,6-7,9H2,1-3H3. The number of hydrogen-bond donors (Lipinski definition) is 2. The lowest BCUT2D eigenvalue weighted by molar-refractivity contribution is -0.137. The summed E-state index contributed by atoms with van der Waals surface area (Å²) in [5.74, 6) is 0.356. The molecule has 1 heterocycles. The normalized spacial score (nSPS) is 15.4. The Kier molecular flexibility index (Phi) is 3.30. The molecule has 0 saturated carbocycles. The molecule has 2 rings (SSSR count). The monoisotopic (exact) mass is 248 g/mol. The van der Waals surface area contributed by atoms with Gasteiger partial charge in [-0.05, 0) is 50.6 Å². The summed E-state index contributed by atoms with van der Waals surface area (Å²) >= 11 is 0. The largest absolute Gasteiger partial charge is 0.508 e. The maximum absolute atomic E-state index is 12.3. The number of amides is 1. The van der Waals surface area contributed by atoms with Crippen molar-refractivity contribution in [1.29, 1.82) is 0 Å². The van der Waals surface area contributed by atoms with Crippen LogP contribution in [0.25, 0.3) is 0 Å². The smallest absolute Gasteiger partial charge is 0.242 e. The van der Waals surface area contributed by atoms with Gasteiger partial charge in [-0.1, -0.05) is 6.07 Å². The van der Waals surface area contributed by atoms with Crippen molar-refractivity contribution in [2.24, 2.45) is 0 Å². The van der Waals surface area contributed by atoms with Crippen LogP contribution in [0.1, 0.15) is 25.0 Å². The molecule has 0 unspecified atom stereocenters. The molecule has 0 saturated heterocycles. The van der Waals surface area contributed by atoms with Crippen molar-refractivity contribution >= 4 is 5.91 Å². The molecular weight excluding hydrogens is 228 g/mol. The van der Waals surface area contributed by atoms with Gasteiger partial charge in [-0.3, -0.25) is 4.79 Å². The summed E-state index contributed by atoms with van der Waals surface area (Å²) in [5, 5.41) is 12.5. The molecule has 2 N–H and O–H groups in total. The molecule has 4 nitrogen and oxygen atoms in total. The average molecular weight is 248 g/mol. The van der Waals surface area contributed by atoms with E-state index in [2.05, 4.69) is 5.32 Å². The van der Waals surface area contributed by atoms with Crippen LogP contribution in [-0.4, -0.2) is 35.0 Å². The highest BCUT2D eigenvalue weighted by molar-refractivity contribution is 5.85. The van der Waals surface area contributed by atoms with Gasteiger partial charge in [-0.25, -0.2) is 0 Å². The first-order chi connectivity index (χ1) is 8.44. The van der Waals surface area contributed by atoms with E-state index in [1.54, 1.807) is 19.2 Å². The number of benzene rings is 1. The molecule has 1 aliphatic rings. The first-order valence-corrected chi connectivity index (χ1v) is 6.23. The molecule has 0 radical (unpaired) electrons. The van der Waals surface area contributed by atoms with Gasteiger partial charge in [0.1, 0.15) is 5.75 Å². The zero-order chi connectivity index (χ0) is 13.3. The van der Waals surface area contributed by atoms with Gasteiger partial charge in [0.2, 0.25) is 5.91 Å². The number of carbonyl (C=O) groups excluding carboxylic acids is 1. The number of phenols is 1. The number of phenolic OH excluding ortho intramolecular Hbond substituents is 1. The van der Waals surface area contributed by atoms with E-state index in [-0.39, 0.29) is 11.7 Å². The minimum absolute atomic E-state index is 0.0963. The maximum atomic E-state index is 12.3. The molecule has 1 aliphatic heterocycles. The first kappa shape index (κ1) is 12.9. The Bertz CT molecular complexity index is 469. The Morgan fingerprint density at radius 1 is 1.39 bits per heavy atom. The van der Waals surface area contributed by atoms with Crippen LogP contribution >= 0.6 is 0 Å². The van der Waals surface area contributed by atoms with Crippen LogP contribution in [0.2, 0.25) is 0 Å². The van der Waals surface area contributed by atoms with E-state index < -0.39 is 5.54 Å². The SMILES string of the molecule is CNC(C)(C)C(=O)N1CCc2ccc(O)cc2C1. The highest BCUT2D eigenvalue weighted by Gasteiger charge is 2.32. The third-order valence-electron chi connectivity index (χ3n) is 3.65. The van der Waals surface area contributed by atoms with Crippen LogP contribution in [-0.2, 0) is 17.8 Å². The summed E-state index contributed by atoms with van der Waals surface area (Å²) in [6.07, 6.45) is 0.848. The summed E-state index contributed by atoms with van der Waals surface area (Å²) in [7, 11) is 1.79. The quantitative estimate of drug-likeness (QED) is 0.829. The Morgan fingerprint density at radius 3 is 2.78 bits per heavy atom. The third-order valence-corrected chi connectivity index (χ3v) is 3.65. The van der Waals surface area contributed by atoms with Gasteiger partial charge in [0.05, 0.1) is 5.54 Å². The Morgan fingerprint density at radius 2 is 2.11 bits per heavy atom. The van der Waals surface area contributed by atoms with Crippen molar-refractivity contribution in [3.63, 3.8) is 0 Å². The predicted molar refractivity (Wildman–Crippen MR) is 70.4 cm³/mol. The fourth-order valence-electron chi connectivity index (χ4n) is 2.22. The highest BCUT2D eigenvalue weighted by atomic mass is 16.3. The number of likely N-dealkylation sites (N-methyl/N-ethyl adjacent to an activating group) is 1. The van der Waals surface area contributed by atoms with Crippen LogP contribution in [0.5, 0.6) is 5.75 Å². The van der Waals surface area contributed by atoms with Gasteiger partial charge in [-0.2, -0.15) is 0 Å².